The molecule has 118 valence electrons. The first kappa shape index (κ1) is 17.7. The molecule has 0 spiro atoms. The van der Waals surface area contributed by atoms with Gasteiger partial charge in [0, 0.05) is 12.1 Å². The molecule has 0 saturated heterocycles. The Morgan fingerprint density at radius 1 is 0.750 bits per heavy atom. The van der Waals surface area contributed by atoms with Gasteiger partial charge in [-0.25, -0.2) is 8.42 Å². The molecule has 0 unspecified atom stereocenters. The number of sulfonamides is 1. The summed E-state index contributed by atoms with van der Waals surface area (Å²) in [7, 11) is -3.45. The van der Waals surface area contributed by atoms with Crippen molar-refractivity contribution in [3.8, 4) is 0 Å². The van der Waals surface area contributed by atoms with Crippen molar-refractivity contribution in [2.75, 3.05) is 0 Å². The summed E-state index contributed by atoms with van der Waals surface area (Å²) in [6.07, 6.45) is 11.0. The molecule has 0 aromatic rings. The van der Waals surface area contributed by atoms with E-state index in [-0.39, 0.29) is 12.1 Å². The Morgan fingerprint density at radius 2 is 1.10 bits per heavy atom. The summed E-state index contributed by atoms with van der Waals surface area (Å²) in [5.41, 5.74) is 0. The summed E-state index contributed by atoms with van der Waals surface area (Å²) in [6.45, 7) is 0. The zero-order chi connectivity index (χ0) is 14.8. The minimum atomic E-state index is -3.45. The predicted molar refractivity (Wildman–Crippen MR) is 94.0 cm³/mol. The lowest BCUT2D eigenvalue weighted by molar-refractivity contribution is 0.170. The summed E-state index contributed by atoms with van der Waals surface area (Å²) < 4.78 is 26.5. The largest absolute Gasteiger partial charge is 0.251 e. The number of alkyl halides is 3. The number of nitrogens with zero attached hydrogens (tertiary/aromatic N) is 1. The third kappa shape index (κ3) is 4.00. The van der Waals surface area contributed by atoms with Crippen molar-refractivity contribution in [3.63, 3.8) is 0 Å². The van der Waals surface area contributed by atoms with Crippen LogP contribution in [0.4, 0.5) is 0 Å². The van der Waals surface area contributed by atoms with E-state index in [1.165, 1.54) is 12.8 Å². The van der Waals surface area contributed by atoms with Gasteiger partial charge < -0.3 is 0 Å². The van der Waals surface area contributed by atoms with Crippen LogP contribution in [0.3, 0.4) is 0 Å². The molecule has 2 fully saturated rings. The lowest BCUT2D eigenvalue weighted by Crippen LogP contribution is -2.51. The summed E-state index contributed by atoms with van der Waals surface area (Å²) >= 11 is 9.71. The van der Waals surface area contributed by atoms with Gasteiger partial charge >= 0.3 is 0 Å². The standard InChI is InChI=1S/C13H22Br3NO2S/c14-13(15,16)20(18,19)17(11-7-3-1-4-8-11)12-9-5-2-6-10-12/h11-12H,1-10H2. The van der Waals surface area contributed by atoms with Crippen LogP contribution in [0.1, 0.15) is 64.2 Å². The van der Waals surface area contributed by atoms with Crippen molar-refractivity contribution in [1.29, 1.82) is 0 Å². The third-order valence-electron chi connectivity index (χ3n) is 4.44. The van der Waals surface area contributed by atoms with Crippen LogP contribution in [0, 0.1) is 0 Å². The third-order valence-corrected chi connectivity index (χ3v) is 9.86. The second-order valence-electron chi connectivity index (χ2n) is 5.86. The van der Waals surface area contributed by atoms with E-state index in [1.54, 1.807) is 0 Å². The molecule has 2 aliphatic rings. The average Bonchev–Trinajstić information content (AvgIpc) is 2.40. The Bertz CT molecular complexity index is 392. The van der Waals surface area contributed by atoms with Crippen LogP contribution in [0.25, 0.3) is 0 Å². The molecule has 0 heterocycles. The van der Waals surface area contributed by atoms with Crippen LogP contribution >= 0.6 is 47.8 Å². The summed E-state index contributed by atoms with van der Waals surface area (Å²) in [4.78, 5) is 0. The topological polar surface area (TPSA) is 37.4 Å². The van der Waals surface area contributed by atoms with Gasteiger partial charge in [-0.15, -0.1) is 0 Å². The first-order valence-electron chi connectivity index (χ1n) is 7.44. The van der Waals surface area contributed by atoms with E-state index in [9.17, 15) is 8.42 Å². The molecule has 2 saturated carbocycles. The van der Waals surface area contributed by atoms with Gasteiger partial charge in [0.25, 0.3) is 10.0 Å². The van der Waals surface area contributed by atoms with E-state index in [0.29, 0.717) is 0 Å². The molecule has 2 rings (SSSR count). The van der Waals surface area contributed by atoms with Gasteiger partial charge in [0.15, 0.2) is 0 Å². The van der Waals surface area contributed by atoms with Crippen LogP contribution in [0.5, 0.6) is 0 Å². The van der Waals surface area contributed by atoms with E-state index in [4.69, 9.17) is 0 Å². The highest BCUT2D eigenvalue weighted by Crippen LogP contribution is 2.45. The van der Waals surface area contributed by atoms with Crippen LogP contribution < -0.4 is 0 Å². The van der Waals surface area contributed by atoms with E-state index >= 15 is 0 Å². The van der Waals surface area contributed by atoms with Crippen LogP contribution in [-0.2, 0) is 10.0 Å². The van der Waals surface area contributed by atoms with E-state index in [0.717, 1.165) is 51.4 Å². The van der Waals surface area contributed by atoms with Gasteiger partial charge in [0.2, 0.25) is 1.47 Å². The van der Waals surface area contributed by atoms with Crippen LogP contribution in [0.15, 0.2) is 0 Å². The minimum absolute atomic E-state index is 0.170. The molecule has 0 bridgehead atoms. The number of halogens is 3. The fraction of sp³-hybridized carbons (Fsp3) is 1.00. The molecule has 3 nitrogen and oxygen atoms in total. The van der Waals surface area contributed by atoms with Crippen molar-refractivity contribution in [3.05, 3.63) is 0 Å². The molecule has 0 aliphatic heterocycles. The first-order chi connectivity index (χ1) is 9.34. The van der Waals surface area contributed by atoms with Gasteiger partial charge in [-0.2, -0.15) is 4.31 Å². The maximum absolute atomic E-state index is 12.9. The molecular formula is C13H22Br3NO2S. The van der Waals surface area contributed by atoms with E-state index in [2.05, 4.69) is 47.8 Å². The number of rotatable bonds is 3. The Balaban J connectivity index is 2.27. The fourth-order valence-electron chi connectivity index (χ4n) is 3.48. The first-order valence-corrected chi connectivity index (χ1v) is 11.3. The Hall–Kier alpha value is 1.35. The molecular weight excluding hydrogens is 474 g/mol. The van der Waals surface area contributed by atoms with Crippen molar-refractivity contribution in [2.24, 2.45) is 0 Å². The molecule has 2 aliphatic carbocycles. The molecule has 0 radical (unpaired) electrons. The highest BCUT2D eigenvalue weighted by molar-refractivity contribution is 9.42. The summed E-state index contributed by atoms with van der Waals surface area (Å²) in [5.74, 6) is 0. The van der Waals surface area contributed by atoms with E-state index < -0.39 is 11.5 Å². The molecule has 7 heteroatoms. The number of hydrogen-bond donors (Lipinski definition) is 0. The Kier molecular flexibility index (Phi) is 6.44. The highest BCUT2D eigenvalue weighted by Gasteiger charge is 2.47. The zero-order valence-electron chi connectivity index (χ0n) is 11.5. The molecule has 0 atom stereocenters. The SMILES string of the molecule is O=S(=O)(N(C1CCCCC1)C1CCCCC1)C(Br)(Br)Br. The fourth-order valence-corrected chi connectivity index (χ4v) is 6.43. The van der Waals surface area contributed by atoms with Crippen molar-refractivity contribution >= 4 is 57.8 Å². The van der Waals surface area contributed by atoms with Crippen LogP contribution in [0.2, 0.25) is 0 Å². The van der Waals surface area contributed by atoms with Gasteiger partial charge in [0.05, 0.1) is 0 Å². The predicted octanol–water partition coefficient (Wildman–Crippen LogP) is 5.08. The van der Waals surface area contributed by atoms with Gasteiger partial charge in [-0.3, -0.25) is 0 Å². The zero-order valence-corrected chi connectivity index (χ0v) is 17.1. The Labute approximate surface area is 147 Å². The lowest BCUT2D eigenvalue weighted by atomic mass is 9.91. The van der Waals surface area contributed by atoms with Gasteiger partial charge in [-0.05, 0) is 73.5 Å². The van der Waals surface area contributed by atoms with Crippen molar-refractivity contribution < 1.29 is 8.42 Å². The van der Waals surface area contributed by atoms with E-state index in [1.807, 2.05) is 4.31 Å². The lowest BCUT2D eigenvalue weighted by Gasteiger charge is -2.42. The van der Waals surface area contributed by atoms with Gasteiger partial charge in [-0.1, -0.05) is 38.5 Å². The monoisotopic (exact) mass is 493 g/mol. The molecule has 0 N–H and O–H groups in total. The minimum Gasteiger partial charge on any atom is -0.209 e. The maximum Gasteiger partial charge on any atom is 0.251 e. The molecule has 0 aromatic heterocycles. The van der Waals surface area contributed by atoms with Crippen LogP contribution in [-0.4, -0.2) is 26.3 Å². The Morgan fingerprint density at radius 3 is 1.40 bits per heavy atom. The maximum atomic E-state index is 12.9. The smallest absolute Gasteiger partial charge is 0.209 e. The number of hydrogen-bond acceptors (Lipinski definition) is 2. The molecule has 0 aromatic carbocycles. The van der Waals surface area contributed by atoms with Crippen molar-refractivity contribution in [2.45, 2.75) is 77.8 Å². The molecule has 20 heavy (non-hydrogen) atoms. The van der Waals surface area contributed by atoms with Gasteiger partial charge in [0.1, 0.15) is 0 Å². The molecule has 0 amide bonds. The summed E-state index contributed by atoms with van der Waals surface area (Å²) in [6, 6.07) is 0.341. The summed E-state index contributed by atoms with van der Waals surface area (Å²) in [5, 5.41) is 0. The second-order valence-corrected chi connectivity index (χ2v) is 16.2. The highest BCUT2D eigenvalue weighted by atomic mass is 80.0. The van der Waals surface area contributed by atoms with Crippen molar-refractivity contribution in [1.82, 2.24) is 4.31 Å². The normalized spacial score (nSPS) is 24.2. The average molecular weight is 496 g/mol. The quantitative estimate of drug-likeness (QED) is 0.512. The second kappa shape index (κ2) is 7.28.